The summed E-state index contributed by atoms with van der Waals surface area (Å²) in [5.74, 6) is -1.45. The van der Waals surface area contributed by atoms with Gasteiger partial charge in [0.1, 0.15) is 44.9 Å². The molecule has 0 unspecified atom stereocenters. The van der Waals surface area contributed by atoms with Crippen LogP contribution in [0.4, 0.5) is 11.4 Å². The van der Waals surface area contributed by atoms with E-state index in [4.69, 9.17) is 5.73 Å². The van der Waals surface area contributed by atoms with Crippen LogP contribution in [-0.2, 0) is 0 Å². The Kier molecular flexibility index (Phi) is 6.66. The maximum absolute atomic E-state index is 14.3. The monoisotopic (exact) mass is 610 g/mol. The Balaban J connectivity index is 1.37. The Morgan fingerprint density at radius 3 is 1.35 bits per heavy atom. The molecule has 4 N–H and O–H groups in total. The van der Waals surface area contributed by atoms with E-state index in [0.29, 0.717) is 55.9 Å². The topological polar surface area (TPSA) is 165 Å². The second-order valence-electron chi connectivity index (χ2n) is 10.8. The van der Waals surface area contributed by atoms with Crippen LogP contribution >= 0.6 is 0 Å². The molecule has 0 aliphatic heterocycles. The van der Waals surface area contributed by atoms with Crippen LogP contribution in [0.1, 0.15) is 31.8 Å². The lowest BCUT2D eigenvalue weighted by atomic mass is 10.0. The fourth-order valence-corrected chi connectivity index (χ4v) is 5.33. The predicted molar refractivity (Wildman–Crippen MR) is 172 cm³/mol. The van der Waals surface area contributed by atoms with Crippen LogP contribution in [0.2, 0.25) is 0 Å². The van der Waals surface area contributed by atoms with Gasteiger partial charge in [0.05, 0.1) is 11.4 Å². The maximum Gasteiger partial charge on any atom is 0.262 e. The van der Waals surface area contributed by atoms with Crippen LogP contribution in [0, 0.1) is 13.8 Å². The zero-order chi connectivity index (χ0) is 32.1. The molecule has 0 atom stereocenters. The highest BCUT2D eigenvalue weighted by Crippen LogP contribution is 2.40. The number of carbonyl (C=O) groups excluding carboxylic acids is 2. The van der Waals surface area contributed by atoms with Crippen LogP contribution in [0.5, 0.6) is 11.5 Å². The molecule has 0 saturated heterocycles. The van der Waals surface area contributed by atoms with Gasteiger partial charge in [-0.2, -0.15) is 0 Å². The number of phenolic OH excluding ortho intramolecular Hbond substituents is 2. The number of carbonyl (C=O) groups is 2. The molecule has 0 spiro atoms. The van der Waals surface area contributed by atoms with E-state index < -0.39 is 11.8 Å². The van der Waals surface area contributed by atoms with Crippen molar-refractivity contribution in [1.29, 1.82) is 0 Å². The number of benzene rings is 5. The van der Waals surface area contributed by atoms with Gasteiger partial charge < -0.3 is 15.9 Å². The van der Waals surface area contributed by atoms with E-state index >= 15 is 0 Å². The number of nitrogens with two attached hydrogens (primary N) is 1. The average Bonchev–Trinajstić information content (AvgIpc) is 3.68. The molecule has 226 valence electrons. The molecule has 0 radical (unpaired) electrons. The molecule has 0 aliphatic rings. The van der Waals surface area contributed by atoms with E-state index in [1.807, 2.05) is 48.5 Å². The zero-order valence-corrected chi connectivity index (χ0v) is 24.7. The fraction of sp³-hybridized carbons (Fsp3) is 0.0588. The first-order valence-corrected chi connectivity index (χ1v) is 14.2. The van der Waals surface area contributed by atoms with Crippen molar-refractivity contribution >= 4 is 45.3 Å². The first kappa shape index (κ1) is 28.2. The van der Waals surface area contributed by atoms with E-state index in [1.54, 1.807) is 26.0 Å². The Hall–Kier alpha value is -6.56. The first-order chi connectivity index (χ1) is 22.2. The molecular formula is C34H26N8O4. The van der Waals surface area contributed by atoms with Gasteiger partial charge in [0, 0.05) is 23.3 Å². The number of aryl methyl sites for hydroxylation is 2. The van der Waals surface area contributed by atoms with Gasteiger partial charge >= 0.3 is 0 Å². The summed E-state index contributed by atoms with van der Waals surface area (Å²) < 4.78 is 0. The smallest absolute Gasteiger partial charge is 0.262 e. The summed E-state index contributed by atoms with van der Waals surface area (Å²) in [5, 5.41) is 40.5. The van der Waals surface area contributed by atoms with Gasteiger partial charge in [0.2, 0.25) is 5.91 Å². The van der Waals surface area contributed by atoms with E-state index in [0.717, 1.165) is 0 Å². The van der Waals surface area contributed by atoms with Gasteiger partial charge in [-0.1, -0.05) is 24.3 Å². The second kappa shape index (κ2) is 10.9. The minimum Gasteiger partial charge on any atom is -0.506 e. The third-order valence-electron chi connectivity index (χ3n) is 7.69. The SMILES string of the molecule is Cc1cc(-n2nc3ccccc3n2)c(O)cc1N(C(=O)c1ccc(C(N)=O)cc1)c1cc(O)c(-n2nc3ccccc3n2)cc1C. The van der Waals surface area contributed by atoms with E-state index in [-0.39, 0.29) is 22.6 Å². The molecular weight excluding hydrogens is 584 g/mol. The van der Waals surface area contributed by atoms with Gasteiger partial charge in [0.25, 0.3) is 5.91 Å². The van der Waals surface area contributed by atoms with E-state index in [9.17, 15) is 19.8 Å². The van der Waals surface area contributed by atoms with Gasteiger partial charge in [-0.3, -0.25) is 14.5 Å². The van der Waals surface area contributed by atoms with Gasteiger partial charge in [0.15, 0.2) is 0 Å². The summed E-state index contributed by atoms with van der Waals surface area (Å²) in [5.41, 5.74) is 11.1. The molecule has 0 aliphatic carbocycles. The Labute approximate surface area is 261 Å². The molecule has 0 bridgehead atoms. The highest BCUT2D eigenvalue weighted by Gasteiger charge is 2.27. The van der Waals surface area contributed by atoms with E-state index in [1.165, 1.54) is 50.9 Å². The van der Waals surface area contributed by atoms with Crippen LogP contribution < -0.4 is 10.6 Å². The van der Waals surface area contributed by atoms with Gasteiger partial charge in [-0.25, -0.2) is 0 Å². The summed E-state index contributed by atoms with van der Waals surface area (Å²) in [6, 6.07) is 26.9. The maximum atomic E-state index is 14.3. The standard InChI is InChI=1S/C34H26N8O4/c1-19-15-29(41-36-23-7-3-4-8-24(23)37-41)31(43)17-27(19)40(34(46)22-13-11-21(12-14-22)33(35)45)28-18-32(44)30(16-20(28)2)42-38-25-9-5-6-10-26(25)39-42/h3-18,43-44H,1-2H3,(H2,35,45). The van der Waals surface area contributed by atoms with Crippen molar-refractivity contribution in [2.24, 2.45) is 5.73 Å². The summed E-state index contributed by atoms with van der Waals surface area (Å²) in [6.07, 6.45) is 0. The number of hydrogen-bond donors (Lipinski definition) is 3. The van der Waals surface area contributed by atoms with Crippen LogP contribution in [0.15, 0.2) is 97.1 Å². The molecule has 12 heteroatoms. The molecule has 2 aromatic heterocycles. The number of rotatable bonds is 6. The van der Waals surface area contributed by atoms with Crippen LogP contribution in [0.25, 0.3) is 33.4 Å². The minimum atomic E-state index is -0.622. The molecule has 7 aromatic rings. The van der Waals surface area contributed by atoms with Crippen molar-refractivity contribution in [3.05, 3.63) is 119 Å². The van der Waals surface area contributed by atoms with Gasteiger partial charge in [-0.15, -0.1) is 30.0 Å². The van der Waals surface area contributed by atoms with Gasteiger partial charge in [-0.05, 0) is 85.6 Å². The summed E-state index contributed by atoms with van der Waals surface area (Å²) in [6.45, 7) is 3.58. The molecule has 2 amide bonds. The number of primary amides is 1. The van der Waals surface area contributed by atoms with Crippen LogP contribution in [0.3, 0.4) is 0 Å². The predicted octanol–water partition coefficient (Wildman–Crippen LogP) is 5.26. The first-order valence-electron chi connectivity index (χ1n) is 14.2. The number of aromatic nitrogens is 6. The highest BCUT2D eigenvalue weighted by atomic mass is 16.3. The van der Waals surface area contributed by atoms with E-state index in [2.05, 4.69) is 20.4 Å². The zero-order valence-electron chi connectivity index (χ0n) is 24.7. The van der Waals surface area contributed by atoms with Crippen molar-refractivity contribution in [2.75, 3.05) is 4.90 Å². The highest BCUT2D eigenvalue weighted by molar-refractivity contribution is 6.12. The van der Waals surface area contributed by atoms with Crippen molar-refractivity contribution in [3.63, 3.8) is 0 Å². The number of phenols is 2. The minimum absolute atomic E-state index is 0.172. The summed E-state index contributed by atoms with van der Waals surface area (Å²) in [4.78, 5) is 30.1. The molecule has 0 fully saturated rings. The molecule has 12 nitrogen and oxygen atoms in total. The third-order valence-corrected chi connectivity index (χ3v) is 7.69. The lowest BCUT2D eigenvalue weighted by molar-refractivity contribution is 0.0988. The van der Waals surface area contributed by atoms with Crippen LogP contribution in [-0.4, -0.2) is 52.0 Å². The molecule has 0 saturated carbocycles. The largest absolute Gasteiger partial charge is 0.506 e. The molecule has 7 rings (SSSR count). The number of hydrogen-bond acceptors (Lipinski definition) is 8. The molecule has 5 aromatic carbocycles. The normalized spacial score (nSPS) is 11.3. The Morgan fingerprint density at radius 2 is 0.978 bits per heavy atom. The Bertz CT molecular complexity index is 2130. The summed E-state index contributed by atoms with van der Waals surface area (Å²) >= 11 is 0. The Morgan fingerprint density at radius 1 is 0.609 bits per heavy atom. The molecule has 2 heterocycles. The fourth-order valence-electron chi connectivity index (χ4n) is 5.33. The lowest BCUT2D eigenvalue weighted by Gasteiger charge is -2.27. The number of nitrogens with zero attached hydrogens (tertiary/aromatic N) is 7. The number of aromatic hydroxyl groups is 2. The van der Waals surface area contributed by atoms with Crippen molar-refractivity contribution in [3.8, 4) is 22.9 Å². The second-order valence-corrected chi connectivity index (χ2v) is 10.8. The summed E-state index contributed by atoms with van der Waals surface area (Å²) in [7, 11) is 0. The number of amides is 2. The third kappa shape index (κ3) is 4.83. The van der Waals surface area contributed by atoms with Crippen molar-refractivity contribution < 1.29 is 19.8 Å². The average molecular weight is 611 g/mol. The van der Waals surface area contributed by atoms with Crippen molar-refractivity contribution in [2.45, 2.75) is 13.8 Å². The number of anilines is 2. The quantitative estimate of drug-likeness (QED) is 0.229. The number of fused-ring (bicyclic) bond motifs is 2. The molecule has 46 heavy (non-hydrogen) atoms. The lowest BCUT2D eigenvalue weighted by Crippen LogP contribution is -2.28. The van der Waals surface area contributed by atoms with Crippen molar-refractivity contribution in [1.82, 2.24) is 30.0 Å².